The van der Waals surface area contributed by atoms with Crippen LogP contribution in [0.25, 0.3) is 11.8 Å². The minimum atomic E-state index is -0.465. The average molecular weight is 355 g/mol. The normalized spacial score (nSPS) is 15.8. The van der Waals surface area contributed by atoms with Gasteiger partial charge in [0, 0.05) is 30.6 Å². The summed E-state index contributed by atoms with van der Waals surface area (Å²) in [5.41, 5.74) is 1.21. The molecule has 1 aliphatic heterocycles. The van der Waals surface area contributed by atoms with E-state index in [1.165, 1.54) is 18.2 Å². The van der Waals surface area contributed by atoms with Crippen molar-refractivity contribution in [2.24, 2.45) is 0 Å². The molecule has 0 unspecified atom stereocenters. The number of benzene rings is 1. The molecule has 0 saturated carbocycles. The molecule has 1 aromatic carbocycles. The molecule has 2 aromatic rings. The van der Waals surface area contributed by atoms with Gasteiger partial charge in [0.05, 0.1) is 15.5 Å². The number of nitro groups is 1. The highest BCUT2D eigenvalue weighted by atomic mass is 32.2. The molecule has 1 aliphatic rings. The van der Waals surface area contributed by atoms with Gasteiger partial charge in [-0.1, -0.05) is 12.1 Å². The SMILES string of the molecule is C=CCN1C(=O)S/C(=C/c2cccn2-c2cccc([N+](=O)[O-])c2)C1=O. The molecule has 2 heterocycles. The van der Waals surface area contributed by atoms with Gasteiger partial charge in [0.15, 0.2) is 0 Å². The second-order valence-corrected chi connectivity index (χ2v) is 6.15. The van der Waals surface area contributed by atoms with Crippen molar-refractivity contribution in [2.45, 2.75) is 0 Å². The Morgan fingerprint density at radius 2 is 2.04 bits per heavy atom. The summed E-state index contributed by atoms with van der Waals surface area (Å²) in [5, 5.41) is 10.6. The number of non-ortho nitro benzene ring substituents is 1. The Morgan fingerprint density at radius 3 is 2.76 bits per heavy atom. The maximum absolute atomic E-state index is 12.3. The van der Waals surface area contributed by atoms with Gasteiger partial charge in [-0.2, -0.15) is 0 Å². The molecule has 1 saturated heterocycles. The van der Waals surface area contributed by atoms with E-state index in [-0.39, 0.29) is 23.4 Å². The quantitative estimate of drug-likeness (QED) is 0.354. The molecule has 0 atom stereocenters. The minimum Gasteiger partial charge on any atom is -0.317 e. The van der Waals surface area contributed by atoms with Crippen molar-refractivity contribution >= 4 is 34.7 Å². The van der Waals surface area contributed by atoms with Crippen LogP contribution in [0.5, 0.6) is 0 Å². The fraction of sp³-hybridized carbons (Fsp3) is 0.0588. The average Bonchev–Trinajstić information content (AvgIpc) is 3.16. The largest absolute Gasteiger partial charge is 0.317 e. The number of imide groups is 1. The van der Waals surface area contributed by atoms with E-state index in [4.69, 9.17) is 0 Å². The third-order valence-corrected chi connectivity index (χ3v) is 4.47. The van der Waals surface area contributed by atoms with Gasteiger partial charge < -0.3 is 4.57 Å². The Hall–Kier alpha value is -3.13. The summed E-state index contributed by atoms with van der Waals surface area (Å²) in [7, 11) is 0. The predicted molar refractivity (Wildman–Crippen MR) is 95.3 cm³/mol. The standard InChI is InChI=1S/C17H13N3O4S/c1-2-8-19-16(21)15(25-17(19)22)11-13-7-4-9-18(13)12-5-3-6-14(10-12)20(23)24/h2-7,9-11H,1,8H2/b15-11+. The van der Waals surface area contributed by atoms with Gasteiger partial charge in [-0.25, -0.2) is 0 Å². The highest BCUT2D eigenvalue weighted by molar-refractivity contribution is 8.18. The highest BCUT2D eigenvalue weighted by Crippen LogP contribution is 2.32. The van der Waals surface area contributed by atoms with Crippen LogP contribution in [0, 0.1) is 10.1 Å². The second kappa shape index (κ2) is 6.78. The Balaban J connectivity index is 1.97. The fourth-order valence-corrected chi connectivity index (χ4v) is 3.26. The van der Waals surface area contributed by atoms with E-state index in [1.807, 2.05) is 0 Å². The lowest BCUT2D eigenvalue weighted by Crippen LogP contribution is -2.27. The van der Waals surface area contributed by atoms with Crippen molar-refractivity contribution in [2.75, 3.05) is 6.54 Å². The van der Waals surface area contributed by atoms with Crippen LogP contribution in [0.4, 0.5) is 10.5 Å². The topological polar surface area (TPSA) is 85.4 Å². The molecular formula is C17H13N3O4S. The first-order chi connectivity index (χ1) is 12.0. The third kappa shape index (κ3) is 3.24. The monoisotopic (exact) mass is 355 g/mol. The molecule has 7 nitrogen and oxygen atoms in total. The Kier molecular flexibility index (Phi) is 4.53. The number of rotatable bonds is 5. The number of carbonyl (C=O) groups is 2. The van der Waals surface area contributed by atoms with Crippen LogP contribution in [0.15, 0.2) is 60.2 Å². The summed E-state index contributed by atoms with van der Waals surface area (Å²) in [6.07, 6.45) is 4.83. The minimum absolute atomic E-state index is 0.0246. The molecule has 1 fully saturated rings. The maximum atomic E-state index is 12.3. The number of hydrogen-bond acceptors (Lipinski definition) is 5. The van der Waals surface area contributed by atoms with Crippen molar-refractivity contribution < 1.29 is 14.5 Å². The number of nitrogens with zero attached hydrogens (tertiary/aromatic N) is 3. The Labute approximate surface area is 147 Å². The van der Waals surface area contributed by atoms with E-state index < -0.39 is 4.92 Å². The van der Waals surface area contributed by atoms with Crippen molar-refractivity contribution in [1.29, 1.82) is 0 Å². The van der Waals surface area contributed by atoms with Crippen LogP contribution < -0.4 is 0 Å². The first kappa shape index (κ1) is 16.7. The Bertz CT molecular complexity index is 916. The first-order valence-electron chi connectivity index (χ1n) is 7.29. The lowest BCUT2D eigenvalue weighted by atomic mass is 10.2. The van der Waals surface area contributed by atoms with E-state index in [1.54, 1.807) is 41.1 Å². The van der Waals surface area contributed by atoms with Gasteiger partial charge in [0.25, 0.3) is 16.8 Å². The molecule has 0 bridgehead atoms. The van der Waals surface area contributed by atoms with Gasteiger partial charge >= 0.3 is 0 Å². The van der Waals surface area contributed by atoms with Gasteiger partial charge in [-0.15, -0.1) is 6.58 Å². The number of nitro benzene ring substituents is 1. The van der Waals surface area contributed by atoms with E-state index in [2.05, 4.69) is 6.58 Å². The summed E-state index contributed by atoms with van der Waals surface area (Å²) >= 11 is 0.861. The zero-order valence-corrected chi connectivity index (χ0v) is 13.8. The van der Waals surface area contributed by atoms with Crippen LogP contribution in [-0.4, -0.2) is 32.1 Å². The van der Waals surface area contributed by atoms with Gasteiger partial charge in [-0.3, -0.25) is 24.6 Å². The van der Waals surface area contributed by atoms with Crippen LogP contribution in [0.1, 0.15) is 5.69 Å². The number of aromatic nitrogens is 1. The van der Waals surface area contributed by atoms with Crippen molar-refractivity contribution in [3.63, 3.8) is 0 Å². The smallest absolute Gasteiger partial charge is 0.293 e. The molecular weight excluding hydrogens is 342 g/mol. The van der Waals surface area contributed by atoms with Crippen molar-refractivity contribution in [1.82, 2.24) is 9.47 Å². The number of amides is 2. The molecule has 3 rings (SSSR count). The van der Waals surface area contributed by atoms with E-state index >= 15 is 0 Å². The first-order valence-corrected chi connectivity index (χ1v) is 8.11. The van der Waals surface area contributed by atoms with Crippen molar-refractivity contribution in [3.8, 4) is 5.69 Å². The number of thioether (sulfide) groups is 1. The predicted octanol–water partition coefficient (Wildman–Crippen LogP) is 3.61. The van der Waals surface area contributed by atoms with E-state index in [0.29, 0.717) is 16.3 Å². The van der Waals surface area contributed by atoms with Crippen LogP contribution in [0.3, 0.4) is 0 Å². The summed E-state index contributed by atoms with van der Waals surface area (Å²) in [5.74, 6) is -0.373. The number of carbonyl (C=O) groups excluding carboxylic acids is 2. The summed E-state index contributed by atoms with van der Waals surface area (Å²) in [6.45, 7) is 3.70. The molecule has 1 aromatic heterocycles. The van der Waals surface area contributed by atoms with Crippen LogP contribution >= 0.6 is 11.8 Å². The van der Waals surface area contributed by atoms with Gasteiger partial charge in [-0.05, 0) is 36.0 Å². The van der Waals surface area contributed by atoms with E-state index in [0.717, 1.165) is 16.7 Å². The summed E-state index contributed by atoms with van der Waals surface area (Å²) in [6, 6.07) is 9.70. The maximum Gasteiger partial charge on any atom is 0.293 e. The lowest BCUT2D eigenvalue weighted by molar-refractivity contribution is -0.384. The molecule has 0 radical (unpaired) electrons. The number of hydrogen-bond donors (Lipinski definition) is 0. The lowest BCUT2D eigenvalue weighted by Gasteiger charge is -2.08. The van der Waals surface area contributed by atoms with Crippen LogP contribution in [0.2, 0.25) is 0 Å². The summed E-state index contributed by atoms with van der Waals surface area (Å²) < 4.78 is 1.72. The second-order valence-electron chi connectivity index (χ2n) is 5.16. The van der Waals surface area contributed by atoms with Crippen molar-refractivity contribution in [3.05, 3.63) is 76.0 Å². The molecule has 0 spiro atoms. The molecule has 2 amide bonds. The molecule has 25 heavy (non-hydrogen) atoms. The van der Waals surface area contributed by atoms with E-state index in [9.17, 15) is 19.7 Å². The molecule has 0 aliphatic carbocycles. The fourth-order valence-electron chi connectivity index (χ4n) is 2.42. The highest BCUT2D eigenvalue weighted by Gasteiger charge is 2.34. The molecule has 126 valence electrons. The van der Waals surface area contributed by atoms with Gasteiger partial charge in [0.1, 0.15) is 0 Å². The summed E-state index contributed by atoms with van der Waals surface area (Å²) in [4.78, 5) is 36.1. The third-order valence-electron chi connectivity index (χ3n) is 3.56. The van der Waals surface area contributed by atoms with Gasteiger partial charge in [0.2, 0.25) is 0 Å². The molecule has 8 heteroatoms. The zero-order chi connectivity index (χ0) is 18.0. The zero-order valence-electron chi connectivity index (χ0n) is 13.0. The molecule has 0 N–H and O–H groups in total. The Morgan fingerprint density at radius 1 is 1.24 bits per heavy atom. The van der Waals surface area contributed by atoms with Crippen LogP contribution in [-0.2, 0) is 4.79 Å².